The van der Waals surface area contributed by atoms with Crippen molar-refractivity contribution >= 4 is 38.9 Å². The fourth-order valence-corrected chi connectivity index (χ4v) is 3.40. The van der Waals surface area contributed by atoms with Crippen molar-refractivity contribution in [3.05, 3.63) is 57.8 Å². The molecule has 2 aromatic carbocycles. The first-order chi connectivity index (χ1) is 9.83. The van der Waals surface area contributed by atoms with Gasteiger partial charge in [-0.15, -0.1) is 0 Å². The van der Waals surface area contributed by atoms with Crippen LogP contribution in [0.25, 0.3) is 0 Å². The van der Waals surface area contributed by atoms with Crippen molar-refractivity contribution in [3.63, 3.8) is 0 Å². The first-order valence-corrected chi connectivity index (χ1v) is 7.94. The molecule has 0 atom stereocenters. The Balaban J connectivity index is 2.40. The number of benzene rings is 2. The van der Waals surface area contributed by atoms with Gasteiger partial charge in [0.1, 0.15) is 10.7 Å². The molecule has 21 heavy (non-hydrogen) atoms. The summed E-state index contributed by atoms with van der Waals surface area (Å²) in [6.07, 6.45) is 0. The molecule has 112 valence electrons. The van der Waals surface area contributed by atoms with Gasteiger partial charge >= 0.3 is 0 Å². The summed E-state index contributed by atoms with van der Waals surface area (Å²) in [7, 11) is -3.98. The highest BCUT2D eigenvalue weighted by Gasteiger charge is 2.19. The van der Waals surface area contributed by atoms with E-state index in [1.54, 1.807) is 0 Å². The van der Waals surface area contributed by atoms with Crippen LogP contribution in [0.15, 0.2) is 41.3 Å². The molecule has 4 nitrogen and oxygen atoms in total. The Kier molecular flexibility index (Phi) is 4.73. The van der Waals surface area contributed by atoms with Gasteiger partial charge in [0.2, 0.25) is 0 Å². The molecule has 8 heteroatoms. The number of anilines is 1. The van der Waals surface area contributed by atoms with Crippen LogP contribution >= 0.6 is 23.2 Å². The molecule has 2 N–H and O–H groups in total. The average molecular weight is 350 g/mol. The van der Waals surface area contributed by atoms with Crippen LogP contribution in [0.5, 0.6) is 0 Å². The highest BCUT2D eigenvalue weighted by molar-refractivity contribution is 7.92. The Morgan fingerprint density at radius 3 is 2.43 bits per heavy atom. The van der Waals surface area contributed by atoms with Gasteiger partial charge in [0.05, 0.1) is 22.3 Å². The van der Waals surface area contributed by atoms with Crippen molar-refractivity contribution < 1.29 is 17.9 Å². The van der Waals surface area contributed by atoms with Gasteiger partial charge < -0.3 is 5.11 Å². The quantitative estimate of drug-likeness (QED) is 0.888. The summed E-state index contributed by atoms with van der Waals surface area (Å²) in [6, 6.07) is 7.58. The van der Waals surface area contributed by atoms with E-state index in [1.165, 1.54) is 24.3 Å². The van der Waals surface area contributed by atoms with E-state index in [-0.39, 0.29) is 27.2 Å². The molecule has 0 aliphatic carbocycles. The standard InChI is InChI=1S/C13H10Cl2FNO3S/c14-10-3-1-8(7-18)5-13(10)21(19,20)17-9-2-4-12(16)11(15)6-9/h1-6,17-18H,7H2. The Hall–Kier alpha value is -1.34. The number of rotatable bonds is 4. The molecule has 2 aromatic rings. The van der Waals surface area contributed by atoms with Crippen LogP contribution in [0, 0.1) is 5.82 Å². The third-order valence-electron chi connectivity index (χ3n) is 2.64. The predicted molar refractivity (Wildman–Crippen MR) is 79.6 cm³/mol. The number of nitrogens with one attached hydrogen (secondary N) is 1. The van der Waals surface area contributed by atoms with E-state index in [1.807, 2.05) is 0 Å². The van der Waals surface area contributed by atoms with Gasteiger partial charge in [-0.1, -0.05) is 29.3 Å². The molecule has 0 amide bonds. The van der Waals surface area contributed by atoms with E-state index in [2.05, 4.69) is 4.72 Å². The van der Waals surface area contributed by atoms with E-state index in [0.717, 1.165) is 12.1 Å². The Morgan fingerprint density at radius 2 is 1.81 bits per heavy atom. The average Bonchev–Trinajstić information content (AvgIpc) is 2.43. The third kappa shape index (κ3) is 3.65. The SMILES string of the molecule is O=S(=O)(Nc1ccc(F)c(Cl)c1)c1cc(CO)ccc1Cl. The minimum absolute atomic E-state index is 0.00732. The first kappa shape index (κ1) is 16.0. The van der Waals surface area contributed by atoms with Crippen LogP contribution in [0.1, 0.15) is 5.56 Å². The summed E-state index contributed by atoms with van der Waals surface area (Å²) in [5, 5.41) is 8.86. The third-order valence-corrected chi connectivity index (χ3v) is 4.79. The zero-order valence-corrected chi connectivity index (χ0v) is 12.8. The fourth-order valence-electron chi connectivity index (χ4n) is 1.62. The monoisotopic (exact) mass is 349 g/mol. The van der Waals surface area contributed by atoms with Gasteiger partial charge in [0, 0.05) is 0 Å². The van der Waals surface area contributed by atoms with Crippen molar-refractivity contribution in [2.24, 2.45) is 0 Å². The van der Waals surface area contributed by atoms with E-state index in [0.29, 0.717) is 5.56 Å². The molecule has 0 heterocycles. The lowest BCUT2D eigenvalue weighted by atomic mass is 10.2. The zero-order chi connectivity index (χ0) is 15.6. The molecule has 0 bridgehead atoms. The highest BCUT2D eigenvalue weighted by Crippen LogP contribution is 2.26. The van der Waals surface area contributed by atoms with Gasteiger partial charge in [-0.3, -0.25) is 4.72 Å². The van der Waals surface area contributed by atoms with Crippen LogP contribution in [0.4, 0.5) is 10.1 Å². The van der Waals surface area contributed by atoms with Crippen LogP contribution in [0.2, 0.25) is 10.0 Å². The molecular weight excluding hydrogens is 340 g/mol. The molecule has 0 aliphatic heterocycles. The largest absolute Gasteiger partial charge is 0.392 e. The molecule has 0 radical (unpaired) electrons. The molecule has 0 saturated carbocycles. The van der Waals surface area contributed by atoms with Crippen molar-refractivity contribution in [1.29, 1.82) is 0 Å². The summed E-state index contributed by atoms with van der Waals surface area (Å²) in [4.78, 5) is -0.184. The van der Waals surface area contributed by atoms with Crippen LogP contribution < -0.4 is 4.72 Å². The van der Waals surface area contributed by atoms with Gasteiger partial charge in [0.25, 0.3) is 10.0 Å². The van der Waals surface area contributed by atoms with Crippen molar-refractivity contribution in [2.45, 2.75) is 11.5 Å². The molecule has 0 unspecified atom stereocenters. The number of aliphatic hydroxyl groups excluding tert-OH is 1. The Labute approximate surface area is 131 Å². The number of sulfonamides is 1. The minimum atomic E-state index is -3.98. The summed E-state index contributed by atoms with van der Waals surface area (Å²) in [5.74, 6) is -0.653. The van der Waals surface area contributed by atoms with Gasteiger partial charge in [-0.05, 0) is 35.9 Å². The number of hydrogen-bond acceptors (Lipinski definition) is 3. The number of halogens is 3. The lowest BCUT2D eigenvalue weighted by Gasteiger charge is -2.11. The lowest BCUT2D eigenvalue weighted by molar-refractivity contribution is 0.281. The number of hydrogen-bond donors (Lipinski definition) is 2. The lowest BCUT2D eigenvalue weighted by Crippen LogP contribution is -2.14. The van der Waals surface area contributed by atoms with E-state index < -0.39 is 15.8 Å². The molecule has 0 saturated heterocycles. The summed E-state index contributed by atoms with van der Waals surface area (Å²) in [5.41, 5.74) is 0.504. The topological polar surface area (TPSA) is 66.4 Å². The summed E-state index contributed by atoms with van der Waals surface area (Å²) >= 11 is 11.5. The second kappa shape index (κ2) is 6.19. The van der Waals surface area contributed by atoms with Crippen molar-refractivity contribution in [1.82, 2.24) is 0 Å². The smallest absolute Gasteiger partial charge is 0.263 e. The minimum Gasteiger partial charge on any atom is -0.392 e. The van der Waals surface area contributed by atoms with E-state index in [4.69, 9.17) is 28.3 Å². The Morgan fingerprint density at radius 1 is 1.10 bits per heavy atom. The second-order valence-corrected chi connectivity index (χ2v) is 6.62. The molecule has 0 aromatic heterocycles. The molecule has 0 aliphatic rings. The van der Waals surface area contributed by atoms with Crippen molar-refractivity contribution in [2.75, 3.05) is 4.72 Å². The fraction of sp³-hybridized carbons (Fsp3) is 0.0769. The molecule has 2 rings (SSSR count). The maximum absolute atomic E-state index is 13.1. The zero-order valence-electron chi connectivity index (χ0n) is 10.5. The predicted octanol–water partition coefficient (Wildman–Crippen LogP) is 3.43. The second-order valence-electron chi connectivity index (χ2n) is 4.16. The molecule has 0 fully saturated rings. The van der Waals surface area contributed by atoms with Crippen LogP contribution in [0.3, 0.4) is 0 Å². The van der Waals surface area contributed by atoms with Gasteiger partial charge in [-0.2, -0.15) is 0 Å². The maximum atomic E-state index is 13.1. The van der Waals surface area contributed by atoms with E-state index >= 15 is 0 Å². The maximum Gasteiger partial charge on any atom is 0.263 e. The van der Waals surface area contributed by atoms with Crippen molar-refractivity contribution in [3.8, 4) is 0 Å². The normalized spacial score (nSPS) is 11.4. The summed E-state index contributed by atoms with van der Waals surface area (Å²) < 4.78 is 39.9. The van der Waals surface area contributed by atoms with Gasteiger partial charge in [0.15, 0.2) is 0 Å². The Bertz CT molecular complexity index is 781. The molecule has 0 spiro atoms. The van der Waals surface area contributed by atoms with Gasteiger partial charge in [-0.25, -0.2) is 12.8 Å². The number of aliphatic hydroxyl groups is 1. The van der Waals surface area contributed by atoms with E-state index in [9.17, 15) is 12.8 Å². The first-order valence-electron chi connectivity index (χ1n) is 5.70. The highest BCUT2D eigenvalue weighted by atomic mass is 35.5. The summed E-state index contributed by atoms with van der Waals surface area (Å²) in [6.45, 7) is -0.317. The van der Waals surface area contributed by atoms with Crippen LogP contribution in [-0.2, 0) is 16.6 Å². The molecular formula is C13H10Cl2FNO3S. The van der Waals surface area contributed by atoms with Crippen LogP contribution in [-0.4, -0.2) is 13.5 Å².